The Bertz CT molecular complexity index is 1470. The monoisotopic (exact) mass is 468 g/mol. The van der Waals surface area contributed by atoms with Crippen molar-refractivity contribution in [2.24, 2.45) is 0 Å². The van der Waals surface area contributed by atoms with Gasteiger partial charge in [0.05, 0.1) is 17.9 Å². The number of halogens is 1. The summed E-state index contributed by atoms with van der Waals surface area (Å²) < 4.78 is 18.2. The number of nitrogens with zero attached hydrogens (tertiary/aromatic N) is 5. The molecule has 0 aliphatic rings. The van der Waals surface area contributed by atoms with E-state index in [1.165, 1.54) is 4.57 Å². The molecular formula is C27H25FN6O. The lowest BCUT2D eigenvalue weighted by atomic mass is 9.98. The molecule has 1 N–H and O–H groups in total. The first-order valence-corrected chi connectivity index (χ1v) is 11.6. The number of rotatable bonds is 8. The molecular weight excluding hydrogens is 443 g/mol. The topological polar surface area (TPSA) is 81.4 Å². The highest BCUT2D eigenvalue weighted by atomic mass is 19.1. The predicted molar refractivity (Wildman–Crippen MR) is 133 cm³/mol. The van der Waals surface area contributed by atoms with Gasteiger partial charge >= 0.3 is 5.69 Å². The van der Waals surface area contributed by atoms with E-state index in [9.17, 15) is 4.79 Å². The average molecular weight is 469 g/mol. The maximum absolute atomic E-state index is 15.5. The van der Waals surface area contributed by atoms with Crippen molar-refractivity contribution in [2.45, 2.75) is 32.7 Å². The van der Waals surface area contributed by atoms with E-state index >= 15 is 4.39 Å². The van der Waals surface area contributed by atoms with Crippen LogP contribution in [-0.4, -0.2) is 29.8 Å². The molecule has 0 atom stereocenters. The Morgan fingerprint density at radius 1 is 0.914 bits per heavy atom. The number of H-pyrrole nitrogens is 1. The molecule has 0 bridgehead atoms. The van der Waals surface area contributed by atoms with Crippen LogP contribution in [0.4, 0.5) is 4.39 Å². The molecule has 0 amide bonds. The van der Waals surface area contributed by atoms with E-state index in [-0.39, 0.29) is 5.69 Å². The minimum Gasteiger partial charge on any atom is -0.288 e. The number of imidazole rings is 1. The second kappa shape index (κ2) is 9.89. The molecule has 0 unspecified atom stereocenters. The zero-order chi connectivity index (χ0) is 24.2. The summed E-state index contributed by atoms with van der Waals surface area (Å²) in [7, 11) is 0. The minimum absolute atomic E-state index is 0.294. The van der Waals surface area contributed by atoms with Crippen LogP contribution in [0.25, 0.3) is 28.2 Å². The summed E-state index contributed by atoms with van der Waals surface area (Å²) in [6.45, 7) is 2.35. The maximum atomic E-state index is 15.5. The summed E-state index contributed by atoms with van der Waals surface area (Å²) in [6, 6.07) is 24.7. The minimum atomic E-state index is -0.485. The van der Waals surface area contributed by atoms with Crippen LogP contribution in [0.2, 0.25) is 0 Å². The normalized spacial score (nSPS) is 11.1. The van der Waals surface area contributed by atoms with Crippen LogP contribution >= 0.6 is 0 Å². The fourth-order valence-electron chi connectivity index (χ4n) is 4.29. The second-order valence-corrected chi connectivity index (χ2v) is 8.37. The Kier molecular flexibility index (Phi) is 6.34. The fraction of sp³-hybridized carbons (Fsp3) is 0.185. The van der Waals surface area contributed by atoms with Crippen LogP contribution in [-0.2, 0) is 13.0 Å². The summed E-state index contributed by atoms with van der Waals surface area (Å²) in [5.41, 5.74) is 4.38. The third-order valence-corrected chi connectivity index (χ3v) is 6.10. The van der Waals surface area contributed by atoms with Gasteiger partial charge in [-0.05, 0) is 52.1 Å². The van der Waals surface area contributed by atoms with Crippen molar-refractivity contribution >= 4 is 0 Å². The highest BCUT2D eigenvalue weighted by Gasteiger charge is 2.21. The van der Waals surface area contributed by atoms with Gasteiger partial charge in [0, 0.05) is 5.56 Å². The van der Waals surface area contributed by atoms with Crippen molar-refractivity contribution in [3.8, 4) is 28.2 Å². The number of tetrazole rings is 1. The molecule has 5 aromatic rings. The average Bonchev–Trinajstić information content (AvgIpc) is 3.51. The molecule has 3 aromatic carbocycles. The van der Waals surface area contributed by atoms with E-state index in [4.69, 9.17) is 0 Å². The van der Waals surface area contributed by atoms with E-state index in [0.29, 0.717) is 30.2 Å². The molecule has 0 fully saturated rings. The summed E-state index contributed by atoms with van der Waals surface area (Å²) in [5, 5.41) is 14.2. The van der Waals surface area contributed by atoms with Crippen molar-refractivity contribution in [2.75, 3.05) is 0 Å². The van der Waals surface area contributed by atoms with Crippen molar-refractivity contribution < 1.29 is 4.39 Å². The van der Waals surface area contributed by atoms with E-state index < -0.39 is 5.95 Å². The van der Waals surface area contributed by atoms with Gasteiger partial charge in [-0.1, -0.05) is 80.1 Å². The van der Waals surface area contributed by atoms with Crippen molar-refractivity contribution in [3.63, 3.8) is 0 Å². The Labute approximate surface area is 201 Å². The van der Waals surface area contributed by atoms with Gasteiger partial charge in [0.1, 0.15) is 0 Å². The first-order chi connectivity index (χ1) is 17.2. The van der Waals surface area contributed by atoms with Gasteiger partial charge in [-0.25, -0.2) is 14.5 Å². The van der Waals surface area contributed by atoms with E-state index in [0.717, 1.165) is 35.1 Å². The summed E-state index contributed by atoms with van der Waals surface area (Å²) >= 11 is 0. The Morgan fingerprint density at radius 3 is 2.31 bits per heavy atom. The number of aromatic nitrogens is 6. The van der Waals surface area contributed by atoms with Gasteiger partial charge in [0.2, 0.25) is 5.95 Å². The van der Waals surface area contributed by atoms with Crippen molar-refractivity contribution in [1.82, 2.24) is 29.8 Å². The number of para-hydroxylation sites is 1. The number of benzene rings is 3. The SMILES string of the molecule is CCCCc1c(F)n(-c2ccccc2)c(=O)n1Cc1ccc(-c2ccccc2-c2nnn[nH]2)cc1. The van der Waals surface area contributed by atoms with Crippen LogP contribution < -0.4 is 5.69 Å². The highest BCUT2D eigenvalue weighted by Crippen LogP contribution is 2.30. The largest absolute Gasteiger partial charge is 0.335 e. The number of aromatic amines is 1. The quantitative estimate of drug-likeness (QED) is 0.347. The molecule has 0 saturated carbocycles. The van der Waals surface area contributed by atoms with E-state index in [2.05, 4.69) is 27.5 Å². The lowest BCUT2D eigenvalue weighted by Gasteiger charge is -2.10. The third-order valence-electron chi connectivity index (χ3n) is 6.10. The van der Waals surface area contributed by atoms with Crippen molar-refractivity contribution in [3.05, 3.63) is 107 Å². The molecule has 8 heteroatoms. The van der Waals surface area contributed by atoms with Gasteiger partial charge in [-0.15, -0.1) is 5.10 Å². The molecule has 0 saturated heterocycles. The van der Waals surface area contributed by atoms with Gasteiger partial charge in [-0.2, -0.15) is 4.39 Å². The Balaban J connectivity index is 1.49. The zero-order valence-corrected chi connectivity index (χ0v) is 19.4. The first-order valence-electron chi connectivity index (χ1n) is 11.6. The second-order valence-electron chi connectivity index (χ2n) is 8.37. The van der Waals surface area contributed by atoms with Gasteiger partial charge in [0.25, 0.3) is 0 Å². The highest BCUT2D eigenvalue weighted by molar-refractivity contribution is 5.80. The number of hydrogen-bond donors (Lipinski definition) is 1. The Hall–Kier alpha value is -4.33. The van der Waals surface area contributed by atoms with Gasteiger partial charge in [-0.3, -0.25) is 4.57 Å². The Morgan fingerprint density at radius 2 is 1.63 bits per heavy atom. The molecule has 0 aliphatic carbocycles. The van der Waals surface area contributed by atoms with E-state index in [1.54, 1.807) is 28.8 Å². The summed E-state index contributed by atoms with van der Waals surface area (Å²) in [6.07, 6.45) is 2.23. The standard InChI is InChI=1S/C27H25FN6O/c1-2-3-13-24-25(28)34(21-9-5-4-6-10-21)27(35)33(24)18-19-14-16-20(17-15-19)22-11-7-8-12-23(22)26-29-31-32-30-26/h4-12,14-17H,2-3,13,18H2,1H3,(H,29,30,31,32). The first kappa shape index (κ1) is 22.5. The van der Waals surface area contributed by atoms with Crippen LogP contribution in [0.15, 0.2) is 83.7 Å². The zero-order valence-electron chi connectivity index (χ0n) is 19.4. The van der Waals surface area contributed by atoms with Crippen LogP contribution in [0.5, 0.6) is 0 Å². The van der Waals surface area contributed by atoms with Crippen LogP contribution in [0, 0.1) is 5.95 Å². The molecule has 2 heterocycles. The van der Waals surface area contributed by atoms with Crippen molar-refractivity contribution in [1.29, 1.82) is 0 Å². The molecule has 0 spiro atoms. The lowest BCUT2D eigenvalue weighted by molar-refractivity contribution is 0.535. The molecule has 35 heavy (non-hydrogen) atoms. The molecule has 5 rings (SSSR count). The predicted octanol–water partition coefficient (Wildman–Crippen LogP) is 5.02. The van der Waals surface area contributed by atoms with Gasteiger partial charge in [0.15, 0.2) is 5.82 Å². The summed E-state index contributed by atoms with van der Waals surface area (Å²) in [5.74, 6) is 0.107. The molecule has 2 aromatic heterocycles. The number of unbranched alkanes of at least 4 members (excludes halogenated alkanes) is 1. The van der Waals surface area contributed by atoms with Crippen LogP contribution in [0.1, 0.15) is 31.0 Å². The molecule has 0 aliphatic heterocycles. The molecule has 0 radical (unpaired) electrons. The maximum Gasteiger partial charge on any atom is 0.335 e. The third kappa shape index (κ3) is 4.42. The fourth-order valence-corrected chi connectivity index (χ4v) is 4.29. The van der Waals surface area contributed by atoms with Crippen LogP contribution in [0.3, 0.4) is 0 Å². The molecule has 176 valence electrons. The lowest BCUT2D eigenvalue weighted by Crippen LogP contribution is -2.25. The molecule has 7 nitrogen and oxygen atoms in total. The smallest absolute Gasteiger partial charge is 0.288 e. The summed E-state index contributed by atoms with van der Waals surface area (Å²) in [4.78, 5) is 13.3. The number of hydrogen-bond acceptors (Lipinski definition) is 4. The number of nitrogens with one attached hydrogen (secondary N) is 1. The van der Waals surface area contributed by atoms with E-state index in [1.807, 2.05) is 54.6 Å². The van der Waals surface area contributed by atoms with Gasteiger partial charge < -0.3 is 0 Å².